The van der Waals surface area contributed by atoms with Gasteiger partial charge in [0.15, 0.2) is 0 Å². The molecule has 0 aliphatic heterocycles. The highest BCUT2D eigenvalue weighted by Gasteiger charge is 2.30. The van der Waals surface area contributed by atoms with E-state index in [2.05, 4.69) is 15.4 Å². The quantitative estimate of drug-likeness (QED) is 0.433. The zero-order valence-corrected chi connectivity index (χ0v) is 13.9. The van der Waals surface area contributed by atoms with Crippen molar-refractivity contribution in [2.24, 2.45) is 0 Å². The van der Waals surface area contributed by atoms with Gasteiger partial charge in [0.25, 0.3) is 0 Å². The van der Waals surface area contributed by atoms with Gasteiger partial charge in [-0.1, -0.05) is 23.2 Å². The third-order valence-electron chi connectivity index (χ3n) is 3.27. The van der Waals surface area contributed by atoms with Crippen LogP contribution in [0, 0.1) is 10.1 Å². The van der Waals surface area contributed by atoms with Crippen molar-refractivity contribution in [3.05, 3.63) is 51.8 Å². The lowest BCUT2D eigenvalue weighted by molar-refractivity contribution is -0.394. The topological polar surface area (TPSA) is 85.9 Å². The fourth-order valence-electron chi connectivity index (χ4n) is 2.10. The van der Waals surface area contributed by atoms with E-state index in [9.17, 15) is 23.3 Å². The van der Waals surface area contributed by atoms with Gasteiger partial charge in [0, 0.05) is 5.10 Å². The molecule has 0 radical (unpaired) electrons. The van der Waals surface area contributed by atoms with Crippen molar-refractivity contribution in [3.63, 3.8) is 0 Å². The average Bonchev–Trinajstić information content (AvgIpc) is 2.99. The summed E-state index contributed by atoms with van der Waals surface area (Å²) in [4.78, 5) is 13.3. The number of hydrogen-bond donors (Lipinski definition) is 1. The molecule has 0 unspecified atom stereocenters. The van der Waals surface area contributed by atoms with Crippen LogP contribution in [0.4, 0.5) is 19.1 Å². The summed E-state index contributed by atoms with van der Waals surface area (Å²) >= 11 is 0. The Labute approximate surface area is 147 Å². The van der Waals surface area contributed by atoms with Crippen LogP contribution >= 0.6 is 12.4 Å². The predicted octanol–water partition coefficient (Wildman–Crippen LogP) is 2.85. The minimum atomic E-state index is -4.33. The molecule has 25 heavy (non-hydrogen) atoms. The molecule has 0 spiro atoms. The van der Waals surface area contributed by atoms with Crippen LogP contribution in [0.5, 0.6) is 0 Å². The van der Waals surface area contributed by atoms with E-state index in [1.165, 1.54) is 17.1 Å². The maximum Gasteiger partial charge on any atom is 0.490 e. The highest BCUT2D eigenvalue weighted by atomic mass is 35.5. The molecule has 0 saturated heterocycles. The summed E-state index contributed by atoms with van der Waals surface area (Å²) in [5, 5.41) is 17.2. The molecule has 0 saturated carbocycles. The zero-order valence-electron chi connectivity index (χ0n) is 13.1. The number of nitro groups is 1. The number of hydrogen-bond acceptors (Lipinski definition) is 5. The Morgan fingerprint density at radius 1 is 1.28 bits per heavy atom. The molecule has 1 aromatic carbocycles. The number of rotatable bonds is 8. The van der Waals surface area contributed by atoms with Crippen LogP contribution in [0.25, 0.3) is 0 Å². The minimum absolute atomic E-state index is 0. The molecule has 0 aliphatic rings. The van der Waals surface area contributed by atoms with Crippen LogP contribution < -0.4 is 5.32 Å². The van der Waals surface area contributed by atoms with E-state index in [0.29, 0.717) is 38.0 Å². The van der Waals surface area contributed by atoms with Crippen LogP contribution in [0.1, 0.15) is 17.5 Å². The van der Waals surface area contributed by atoms with Gasteiger partial charge in [-0.15, -0.1) is 12.4 Å². The van der Waals surface area contributed by atoms with Crippen molar-refractivity contribution >= 4 is 18.4 Å². The Morgan fingerprint density at radius 2 is 2.04 bits per heavy atom. The van der Waals surface area contributed by atoms with Gasteiger partial charge >= 0.3 is 12.1 Å². The van der Waals surface area contributed by atoms with Gasteiger partial charge in [0.2, 0.25) is 6.33 Å². The molecule has 2 rings (SSSR count). The lowest BCUT2D eigenvalue weighted by Crippen LogP contribution is -2.20. The average molecular weight is 380 g/mol. The summed E-state index contributed by atoms with van der Waals surface area (Å²) in [6, 6.07) is 5.26. The SMILES string of the molecule is Cl.O=[N+]([O-])c1ncn(CCCNCCc2cccc(C(F)(F)F)c2)n1. The molecule has 1 heterocycles. The number of aromatic nitrogens is 3. The molecule has 2 aromatic rings. The van der Waals surface area contributed by atoms with Crippen LogP contribution in [0.3, 0.4) is 0 Å². The van der Waals surface area contributed by atoms with Gasteiger partial charge in [0.05, 0.1) is 12.1 Å². The zero-order chi connectivity index (χ0) is 17.6. The first-order valence-electron chi connectivity index (χ1n) is 7.27. The molecule has 7 nitrogen and oxygen atoms in total. The monoisotopic (exact) mass is 379 g/mol. The van der Waals surface area contributed by atoms with E-state index in [1.54, 1.807) is 6.07 Å². The van der Waals surface area contributed by atoms with Crippen molar-refractivity contribution < 1.29 is 18.1 Å². The Kier molecular flexibility index (Phi) is 7.78. The number of halogens is 4. The molecule has 138 valence electrons. The molecule has 0 aliphatic carbocycles. The van der Waals surface area contributed by atoms with Crippen molar-refractivity contribution in [2.45, 2.75) is 25.6 Å². The van der Waals surface area contributed by atoms with Crippen LogP contribution in [-0.2, 0) is 19.1 Å². The minimum Gasteiger partial charge on any atom is -0.390 e. The summed E-state index contributed by atoms with van der Waals surface area (Å²) in [6.45, 7) is 1.63. The summed E-state index contributed by atoms with van der Waals surface area (Å²) in [7, 11) is 0. The van der Waals surface area contributed by atoms with Gasteiger partial charge in [0.1, 0.15) is 0 Å². The molecule has 0 amide bonds. The molecule has 1 aromatic heterocycles. The molecule has 0 atom stereocenters. The van der Waals surface area contributed by atoms with E-state index in [4.69, 9.17) is 0 Å². The summed E-state index contributed by atoms with van der Waals surface area (Å²) in [6.07, 6.45) is -1.88. The highest BCUT2D eigenvalue weighted by molar-refractivity contribution is 5.85. The highest BCUT2D eigenvalue weighted by Crippen LogP contribution is 2.29. The summed E-state index contributed by atoms with van der Waals surface area (Å²) in [5.74, 6) is -0.437. The Balaban J connectivity index is 0.00000312. The van der Waals surface area contributed by atoms with Crippen molar-refractivity contribution in [3.8, 4) is 0 Å². The first kappa shape index (κ1) is 20.8. The Bertz CT molecular complexity index is 693. The molecule has 0 bridgehead atoms. The van der Waals surface area contributed by atoms with E-state index in [0.717, 1.165) is 12.1 Å². The first-order chi connectivity index (χ1) is 11.4. The van der Waals surface area contributed by atoms with Gasteiger partial charge in [-0.05, 0) is 42.5 Å². The number of aryl methyl sites for hydroxylation is 1. The molecular weight excluding hydrogens is 363 g/mol. The predicted molar refractivity (Wildman–Crippen MR) is 86.6 cm³/mol. The smallest absolute Gasteiger partial charge is 0.390 e. The van der Waals surface area contributed by atoms with E-state index in [-0.39, 0.29) is 12.4 Å². The fraction of sp³-hybridized carbons (Fsp3) is 0.429. The molecule has 0 fully saturated rings. The van der Waals surface area contributed by atoms with Gasteiger partial charge in [-0.3, -0.25) is 0 Å². The van der Waals surface area contributed by atoms with Gasteiger partial charge in [-0.25, -0.2) is 0 Å². The third-order valence-corrected chi connectivity index (χ3v) is 3.27. The number of alkyl halides is 3. The summed E-state index contributed by atoms with van der Waals surface area (Å²) < 4.78 is 39.2. The largest absolute Gasteiger partial charge is 0.490 e. The Hall–Kier alpha value is -2.20. The second kappa shape index (κ2) is 9.33. The number of nitrogens with one attached hydrogen (secondary N) is 1. The Morgan fingerprint density at radius 3 is 2.68 bits per heavy atom. The maximum atomic E-state index is 12.6. The standard InChI is InChI=1S/C14H16F3N5O2.ClH/c15-14(16,17)12-4-1-3-11(9-12)5-7-18-6-2-8-21-10-19-13(20-21)22(23)24;/h1,3-4,9-10,18H,2,5-8H2;1H. The molecular formula is C14H17ClF3N5O2. The van der Waals surface area contributed by atoms with Crippen molar-refractivity contribution in [1.29, 1.82) is 0 Å². The first-order valence-corrected chi connectivity index (χ1v) is 7.27. The molecule has 1 N–H and O–H groups in total. The maximum absolute atomic E-state index is 12.6. The van der Waals surface area contributed by atoms with Crippen molar-refractivity contribution in [1.82, 2.24) is 20.1 Å². The van der Waals surface area contributed by atoms with Crippen LogP contribution in [-0.4, -0.2) is 32.8 Å². The number of benzene rings is 1. The molecule has 11 heteroatoms. The van der Waals surface area contributed by atoms with E-state index < -0.39 is 22.6 Å². The van der Waals surface area contributed by atoms with Crippen molar-refractivity contribution in [2.75, 3.05) is 13.1 Å². The summed E-state index contributed by atoms with van der Waals surface area (Å²) in [5.41, 5.74) is -0.0306. The van der Waals surface area contributed by atoms with Gasteiger partial charge < -0.3 is 15.4 Å². The second-order valence-electron chi connectivity index (χ2n) is 5.12. The normalized spacial score (nSPS) is 11.2. The van der Waals surface area contributed by atoms with Crippen LogP contribution in [0.15, 0.2) is 30.6 Å². The lowest BCUT2D eigenvalue weighted by atomic mass is 10.1. The number of nitrogens with zero attached hydrogens (tertiary/aromatic N) is 4. The second-order valence-corrected chi connectivity index (χ2v) is 5.12. The third kappa shape index (κ3) is 6.67. The fourth-order valence-corrected chi connectivity index (χ4v) is 2.10. The lowest BCUT2D eigenvalue weighted by Gasteiger charge is -2.09. The van der Waals surface area contributed by atoms with E-state index >= 15 is 0 Å². The van der Waals surface area contributed by atoms with Gasteiger partial charge in [-0.2, -0.15) is 17.9 Å². The van der Waals surface area contributed by atoms with E-state index in [1.807, 2.05) is 0 Å². The van der Waals surface area contributed by atoms with Crippen LogP contribution in [0.2, 0.25) is 0 Å².